The molecule has 0 saturated heterocycles. The normalized spacial score (nSPS) is 15.4. The first-order valence-corrected chi connectivity index (χ1v) is 9.31. The van der Waals surface area contributed by atoms with Gasteiger partial charge in [0.1, 0.15) is 12.6 Å². The van der Waals surface area contributed by atoms with Crippen LogP contribution in [0.2, 0.25) is 0 Å². The molecule has 0 aliphatic carbocycles. The van der Waals surface area contributed by atoms with Gasteiger partial charge in [0.25, 0.3) is 5.91 Å². The third-order valence-electron chi connectivity index (χ3n) is 5.00. The van der Waals surface area contributed by atoms with Crippen LogP contribution >= 0.6 is 0 Å². The van der Waals surface area contributed by atoms with E-state index in [4.69, 9.17) is 13.6 Å². The fraction of sp³-hybridized carbons (Fsp3) is 0.227. The Labute approximate surface area is 172 Å². The van der Waals surface area contributed by atoms with Crippen LogP contribution < -0.4 is 0 Å². The Kier molecular flexibility index (Phi) is 5.38. The van der Waals surface area contributed by atoms with Crippen LogP contribution in [0, 0.1) is 0 Å². The lowest BCUT2D eigenvalue weighted by Gasteiger charge is -2.34. The average Bonchev–Trinajstić information content (AvgIpc) is 3.47. The van der Waals surface area contributed by atoms with Gasteiger partial charge in [0.05, 0.1) is 19.6 Å². The van der Waals surface area contributed by atoms with Crippen molar-refractivity contribution >= 4 is 17.8 Å². The smallest absolute Gasteiger partial charge is 0.374 e. The molecule has 2 aromatic heterocycles. The third-order valence-corrected chi connectivity index (χ3v) is 5.00. The molecule has 0 fully saturated rings. The van der Waals surface area contributed by atoms with Gasteiger partial charge in [-0.15, -0.1) is 0 Å². The van der Waals surface area contributed by atoms with Crippen LogP contribution in [0.4, 0.5) is 0 Å². The molecule has 8 nitrogen and oxygen atoms in total. The van der Waals surface area contributed by atoms with E-state index in [9.17, 15) is 14.4 Å². The van der Waals surface area contributed by atoms with Crippen molar-refractivity contribution in [3.63, 3.8) is 0 Å². The van der Waals surface area contributed by atoms with Crippen molar-refractivity contribution in [3.8, 4) is 0 Å². The summed E-state index contributed by atoms with van der Waals surface area (Å²) in [6, 6.07) is 11.5. The highest BCUT2D eigenvalue weighted by molar-refractivity contribution is 5.95. The zero-order chi connectivity index (χ0) is 21.1. The van der Waals surface area contributed by atoms with Crippen LogP contribution in [-0.4, -0.2) is 35.9 Å². The molecule has 0 radical (unpaired) electrons. The number of hydrogen-bond acceptors (Lipinski definition) is 7. The zero-order valence-corrected chi connectivity index (χ0v) is 16.2. The van der Waals surface area contributed by atoms with Gasteiger partial charge in [-0.1, -0.05) is 24.3 Å². The van der Waals surface area contributed by atoms with Gasteiger partial charge in [0.15, 0.2) is 5.76 Å². The molecule has 0 N–H and O–H groups in total. The number of methoxy groups -OCH3 is 1. The van der Waals surface area contributed by atoms with Gasteiger partial charge >= 0.3 is 11.9 Å². The topological polar surface area (TPSA) is 99.2 Å². The second kappa shape index (κ2) is 8.28. The number of carbonyl (C=O) groups excluding carboxylic acids is 3. The fourth-order valence-corrected chi connectivity index (χ4v) is 3.46. The van der Waals surface area contributed by atoms with E-state index in [-0.39, 0.29) is 24.7 Å². The van der Waals surface area contributed by atoms with Gasteiger partial charge in [-0.05, 0) is 29.3 Å². The largest absolute Gasteiger partial charge is 0.463 e. The number of hydrogen-bond donors (Lipinski definition) is 0. The van der Waals surface area contributed by atoms with Gasteiger partial charge in [0, 0.05) is 18.5 Å². The van der Waals surface area contributed by atoms with Gasteiger partial charge in [0.2, 0.25) is 5.76 Å². The summed E-state index contributed by atoms with van der Waals surface area (Å²) < 4.78 is 20.4. The van der Waals surface area contributed by atoms with Crippen molar-refractivity contribution < 1.29 is 32.7 Å². The second-order valence-electron chi connectivity index (χ2n) is 6.77. The summed E-state index contributed by atoms with van der Waals surface area (Å²) in [6.07, 6.45) is 3.04. The summed E-state index contributed by atoms with van der Waals surface area (Å²) in [5, 5.41) is 0. The molecule has 3 aromatic rings. The van der Waals surface area contributed by atoms with Crippen molar-refractivity contribution in [1.82, 2.24) is 4.90 Å². The molecule has 0 bridgehead atoms. The lowest BCUT2D eigenvalue weighted by Crippen LogP contribution is -2.49. The Morgan fingerprint density at radius 1 is 1.03 bits per heavy atom. The molecule has 3 heterocycles. The van der Waals surface area contributed by atoms with E-state index in [2.05, 4.69) is 4.74 Å². The number of esters is 2. The summed E-state index contributed by atoms with van der Waals surface area (Å²) >= 11 is 0. The molecular weight excluding hydrogens is 390 g/mol. The van der Waals surface area contributed by atoms with E-state index in [0.29, 0.717) is 12.0 Å². The highest BCUT2D eigenvalue weighted by Crippen LogP contribution is 2.26. The van der Waals surface area contributed by atoms with E-state index in [0.717, 1.165) is 11.1 Å². The Morgan fingerprint density at radius 2 is 1.83 bits per heavy atom. The maximum Gasteiger partial charge on any atom is 0.374 e. The lowest BCUT2D eigenvalue weighted by molar-refractivity contribution is -0.151. The number of ether oxygens (including phenoxy) is 2. The Morgan fingerprint density at radius 3 is 2.57 bits per heavy atom. The molecule has 154 valence electrons. The summed E-state index contributed by atoms with van der Waals surface area (Å²) in [7, 11) is 1.23. The van der Waals surface area contributed by atoms with Crippen LogP contribution in [0.3, 0.4) is 0 Å². The van der Waals surface area contributed by atoms with Crippen molar-refractivity contribution in [1.29, 1.82) is 0 Å². The first-order valence-electron chi connectivity index (χ1n) is 9.31. The Balaban J connectivity index is 1.55. The number of benzene rings is 1. The molecule has 1 aliphatic heterocycles. The summed E-state index contributed by atoms with van der Waals surface area (Å²) in [5.41, 5.74) is 2.32. The maximum atomic E-state index is 12.9. The molecule has 0 saturated carbocycles. The van der Waals surface area contributed by atoms with Gasteiger partial charge in [-0.3, -0.25) is 4.79 Å². The molecule has 4 rings (SSSR count). The van der Waals surface area contributed by atoms with E-state index in [1.54, 1.807) is 12.1 Å². The molecule has 0 unspecified atom stereocenters. The minimum Gasteiger partial charge on any atom is -0.463 e. The van der Waals surface area contributed by atoms with Gasteiger partial charge < -0.3 is 23.2 Å². The monoisotopic (exact) mass is 409 g/mol. The summed E-state index contributed by atoms with van der Waals surface area (Å²) in [6.45, 7) is 0.0787. The molecule has 1 aromatic carbocycles. The van der Waals surface area contributed by atoms with Crippen LogP contribution in [0.5, 0.6) is 0 Å². The van der Waals surface area contributed by atoms with Crippen molar-refractivity contribution in [2.24, 2.45) is 0 Å². The van der Waals surface area contributed by atoms with Gasteiger partial charge in [-0.25, -0.2) is 9.59 Å². The van der Waals surface area contributed by atoms with Crippen molar-refractivity contribution in [3.05, 3.63) is 83.2 Å². The number of rotatable bonds is 5. The molecule has 0 spiro atoms. The summed E-state index contributed by atoms with van der Waals surface area (Å²) in [5.74, 6) is -1.51. The van der Waals surface area contributed by atoms with E-state index in [1.165, 1.54) is 30.6 Å². The Hall–Kier alpha value is -3.81. The number of nitrogens with zero attached hydrogens (tertiary/aromatic N) is 1. The molecular formula is C22H19NO7. The van der Waals surface area contributed by atoms with Crippen LogP contribution in [0.25, 0.3) is 0 Å². The van der Waals surface area contributed by atoms with Crippen molar-refractivity contribution in [2.45, 2.75) is 25.6 Å². The summed E-state index contributed by atoms with van der Waals surface area (Å²) in [4.78, 5) is 39.1. The Bertz CT molecular complexity index is 1070. The van der Waals surface area contributed by atoms with Crippen LogP contribution in [-0.2, 0) is 33.8 Å². The number of carbonyl (C=O) groups is 3. The minimum atomic E-state index is -0.828. The first kappa shape index (κ1) is 19.5. The quantitative estimate of drug-likeness (QED) is 0.597. The van der Waals surface area contributed by atoms with Crippen LogP contribution in [0.1, 0.15) is 37.8 Å². The second-order valence-corrected chi connectivity index (χ2v) is 6.77. The molecule has 30 heavy (non-hydrogen) atoms. The standard InChI is InChI=1S/C22H19NO7/c1-27-22(26)19-16(8-10-29-19)13-30-21(25)17-11-14-5-2-3-6-15(14)12-23(17)20(24)18-7-4-9-28-18/h2-10,17H,11-13H2,1H3/t17-/m0/s1. The lowest BCUT2D eigenvalue weighted by atomic mass is 9.93. The van der Waals surface area contributed by atoms with E-state index >= 15 is 0 Å². The fourth-order valence-electron chi connectivity index (χ4n) is 3.46. The van der Waals surface area contributed by atoms with Crippen molar-refractivity contribution in [2.75, 3.05) is 7.11 Å². The number of fused-ring (bicyclic) bond motifs is 1. The molecule has 8 heteroatoms. The van der Waals surface area contributed by atoms with Crippen LogP contribution in [0.15, 0.2) is 63.8 Å². The predicted molar refractivity (Wildman–Crippen MR) is 102 cm³/mol. The number of furan rings is 2. The molecule has 1 aliphatic rings. The highest BCUT2D eigenvalue weighted by Gasteiger charge is 2.37. The van der Waals surface area contributed by atoms with E-state index in [1.807, 2.05) is 24.3 Å². The first-order chi connectivity index (χ1) is 14.6. The molecule has 1 amide bonds. The SMILES string of the molecule is COC(=O)c1occc1COC(=O)[C@@H]1Cc2ccccc2CN1C(=O)c1ccco1. The average molecular weight is 409 g/mol. The number of amides is 1. The minimum absolute atomic E-state index is 0.0252. The third kappa shape index (κ3) is 3.71. The van der Waals surface area contributed by atoms with Gasteiger partial charge in [-0.2, -0.15) is 0 Å². The zero-order valence-electron chi connectivity index (χ0n) is 16.2. The maximum absolute atomic E-state index is 12.9. The van der Waals surface area contributed by atoms with E-state index < -0.39 is 23.9 Å². The highest BCUT2D eigenvalue weighted by atomic mass is 16.5. The predicted octanol–water partition coefficient (Wildman–Crippen LogP) is 2.97. The molecule has 1 atom stereocenters.